The smallest absolute Gasteiger partial charge is 0.338 e. The molecule has 7 nitrogen and oxygen atoms in total. The van der Waals surface area contributed by atoms with Gasteiger partial charge in [-0.15, -0.1) is 5.10 Å². The van der Waals surface area contributed by atoms with Gasteiger partial charge in [-0.05, 0) is 47.2 Å². The van der Waals surface area contributed by atoms with Gasteiger partial charge in [0.25, 0.3) is 0 Å². The lowest BCUT2D eigenvalue weighted by Crippen LogP contribution is -2.09. The minimum absolute atomic E-state index is 0.0883. The molecule has 0 aliphatic heterocycles. The van der Waals surface area contributed by atoms with E-state index >= 15 is 0 Å². The number of nitrogens with zero attached hydrogens (tertiary/aromatic N) is 5. The summed E-state index contributed by atoms with van der Waals surface area (Å²) in [5, 5.41) is 22.0. The first kappa shape index (κ1) is 14.3. The first-order valence-corrected chi connectivity index (χ1v) is 7.70. The quantitative estimate of drug-likeness (QED) is 0.863. The Morgan fingerprint density at radius 1 is 1.38 bits per heavy atom. The van der Waals surface area contributed by atoms with Crippen LogP contribution >= 0.6 is 23.4 Å². The fraction of sp³-hybridized carbons (Fsp3) is 0.417. The van der Waals surface area contributed by atoms with Crippen LogP contribution in [0.4, 0.5) is 0 Å². The lowest BCUT2D eigenvalue weighted by atomic mass is 10.3. The van der Waals surface area contributed by atoms with E-state index in [2.05, 4.69) is 20.5 Å². The lowest BCUT2D eigenvalue weighted by molar-refractivity contribution is 0.0692. The highest BCUT2D eigenvalue weighted by molar-refractivity contribution is 7.99. The molecule has 110 valence electrons. The van der Waals surface area contributed by atoms with Crippen LogP contribution in [0.2, 0.25) is 5.15 Å². The van der Waals surface area contributed by atoms with Gasteiger partial charge < -0.3 is 5.11 Å². The summed E-state index contributed by atoms with van der Waals surface area (Å²) >= 11 is 6.98. The molecular formula is C12H12ClN5O2S. The van der Waals surface area contributed by atoms with Crippen molar-refractivity contribution in [1.82, 2.24) is 25.2 Å². The average molecular weight is 326 g/mol. The zero-order valence-corrected chi connectivity index (χ0v) is 12.5. The number of halogens is 1. The summed E-state index contributed by atoms with van der Waals surface area (Å²) in [4.78, 5) is 15.3. The van der Waals surface area contributed by atoms with Crippen LogP contribution in [0.15, 0.2) is 22.3 Å². The second-order valence-corrected chi connectivity index (χ2v) is 6.08. The molecule has 0 amide bonds. The van der Waals surface area contributed by atoms with Crippen molar-refractivity contribution in [2.45, 2.75) is 41.9 Å². The standard InChI is InChI=1S/C12H12ClN5O2S/c13-9-6-5-8(11(19)20)10(14-9)21-12-15-16-17-18(12)7-3-1-2-4-7/h5-7H,1-4H2,(H,19,20). The van der Waals surface area contributed by atoms with Crippen molar-refractivity contribution in [3.05, 3.63) is 22.8 Å². The predicted molar refractivity (Wildman–Crippen MR) is 75.7 cm³/mol. The van der Waals surface area contributed by atoms with E-state index in [-0.39, 0.29) is 16.8 Å². The van der Waals surface area contributed by atoms with Crippen molar-refractivity contribution < 1.29 is 9.90 Å². The third kappa shape index (κ3) is 3.01. The highest BCUT2D eigenvalue weighted by atomic mass is 35.5. The molecule has 1 N–H and O–H groups in total. The molecule has 9 heteroatoms. The van der Waals surface area contributed by atoms with Crippen LogP contribution in [-0.4, -0.2) is 36.3 Å². The Balaban J connectivity index is 1.92. The molecule has 0 bridgehead atoms. The van der Waals surface area contributed by atoms with Crippen molar-refractivity contribution in [2.75, 3.05) is 0 Å². The van der Waals surface area contributed by atoms with Gasteiger partial charge in [0.2, 0.25) is 5.16 Å². The molecule has 0 unspecified atom stereocenters. The summed E-state index contributed by atoms with van der Waals surface area (Å²) < 4.78 is 1.76. The van der Waals surface area contributed by atoms with E-state index in [1.165, 1.54) is 12.1 Å². The van der Waals surface area contributed by atoms with Gasteiger partial charge >= 0.3 is 5.97 Å². The summed E-state index contributed by atoms with van der Waals surface area (Å²) in [5.41, 5.74) is 0.0883. The minimum atomic E-state index is -1.05. The van der Waals surface area contributed by atoms with E-state index in [4.69, 9.17) is 11.6 Å². The molecule has 21 heavy (non-hydrogen) atoms. The molecule has 1 aliphatic rings. The molecule has 1 aliphatic carbocycles. The normalized spacial score (nSPS) is 15.5. The second-order valence-electron chi connectivity index (χ2n) is 4.74. The van der Waals surface area contributed by atoms with Crippen molar-refractivity contribution in [1.29, 1.82) is 0 Å². The summed E-state index contributed by atoms with van der Waals surface area (Å²) in [6.07, 6.45) is 4.38. The molecule has 1 saturated carbocycles. The first-order chi connectivity index (χ1) is 10.1. The lowest BCUT2D eigenvalue weighted by Gasteiger charge is -2.11. The number of aromatic nitrogens is 5. The number of pyridine rings is 1. The number of carboxylic acids is 1. The van der Waals surface area contributed by atoms with E-state index in [0.29, 0.717) is 10.2 Å². The first-order valence-electron chi connectivity index (χ1n) is 6.50. The summed E-state index contributed by atoms with van der Waals surface area (Å²) in [5.74, 6) is -1.05. The van der Waals surface area contributed by atoms with E-state index in [9.17, 15) is 9.90 Å². The maximum absolute atomic E-state index is 11.2. The Hall–Kier alpha value is -1.67. The van der Waals surface area contributed by atoms with Gasteiger partial charge in [0.15, 0.2) is 0 Å². The zero-order valence-electron chi connectivity index (χ0n) is 10.9. The zero-order chi connectivity index (χ0) is 14.8. The van der Waals surface area contributed by atoms with Crippen LogP contribution in [-0.2, 0) is 0 Å². The van der Waals surface area contributed by atoms with Crippen molar-refractivity contribution in [2.24, 2.45) is 0 Å². The Kier molecular flexibility index (Phi) is 4.07. The van der Waals surface area contributed by atoms with Crippen molar-refractivity contribution in [3.63, 3.8) is 0 Å². The Bertz CT molecular complexity index is 671. The van der Waals surface area contributed by atoms with Crippen LogP contribution in [0.25, 0.3) is 0 Å². The topological polar surface area (TPSA) is 93.8 Å². The molecule has 1 fully saturated rings. The van der Waals surface area contributed by atoms with E-state index in [1.54, 1.807) is 4.68 Å². The highest BCUT2D eigenvalue weighted by Crippen LogP contribution is 2.34. The molecule has 0 atom stereocenters. The molecule has 0 aromatic carbocycles. The Morgan fingerprint density at radius 3 is 2.86 bits per heavy atom. The molecule has 2 aromatic rings. The van der Waals surface area contributed by atoms with Crippen LogP contribution in [0, 0.1) is 0 Å². The molecule has 0 saturated heterocycles. The molecule has 3 rings (SSSR count). The number of hydrogen-bond acceptors (Lipinski definition) is 6. The van der Waals surface area contributed by atoms with Gasteiger partial charge in [-0.1, -0.05) is 24.4 Å². The van der Waals surface area contributed by atoms with Crippen molar-refractivity contribution in [3.8, 4) is 0 Å². The third-order valence-electron chi connectivity index (χ3n) is 3.38. The van der Waals surface area contributed by atoms with Gasteiger partial charge in [-0.3, -0.25) is 0 Å². The summed E-state index contributed by atoms with van der Waals surface area (Å²) in [7, 11) is 0. The molecule has 0 radical (unpaired) electrons. The van der Waals surface area contributed by atoms with Gasteiger partial charge in [0.05, 0.1) is 11.6 Å². The minimum Gasteiger partial charge on any atom is -0.478 e. The second kappa shape index (κ2) is 5.98. The Labute approximate surface area is 129 Å². The van der Waals surface area contributed by atoms with Gasteiger partial charge in [-0.25, -0.2) is 14.5 Å². The van der Waals surface area contributed by atoms with Gasteiger partial charge in [-0.2, -0.15) is 0 Å². The van der Waals surface area contributed by atoms with Gasteiger partial charge in [0.1, 0.15) is 10.2 Å². The maximum atomic E-state index is 11.2. The third-order valence-corrected chi connectivity index (χ3v) is 4.54. The SMILES string of the molecule is O=C(O)c1ccc(Cl)nc1Sc1nnnn1C1CCCC1. The molecule has 2 aromatic heterocycles. The highest BCUT2D eigenvalue weighted by Gasteiger charge is 2.23. The number of carboxylic acid groups (broad SMARTS) is 1. The average Bonchev–Trinajstić information content (AvgIpc) is 3.08. The van der Waals surface area contributed by atoms with E-state index in [1.807, 2.05) is 0 Å². The number of aromatic carboxylic acids is 1. The maximum Gasteiger partial charge on any atom is 0.338 e. The van der Waals surface area contributed by atoms with Gasteiger partial charge in [0, 0.05) is 0 Å². The van der Waals surface area contributed by atoms with Crippen molar-refractivity contribution >= 4 is 29.3 Å². The molecule has 0 spiro atoms. The number of rotatable bonds is 4. The largest absolute Gasteiger partial charge is 0.478 e. The monoisotopic (exact) mass is 325 g/mol. The van der Waals surface area contributed by atoms with E-state index < -0.39 is 5.97 Å². The van der Waals surface area contributed by atoms with Crippen LogP contribution in [0.1, 0.15) is 42.1 Å². The predicted octanol–water partition coefficient (Wildman–Crippen LogP) is 2.69. The van der Waals surface area contributed by atoms with Crippen LogP contribution < -0.4 is 0 Å². The van der Waals surface area contributed by atoms with Crippen LogP contribution in [0.3, 0.4) is 0 Å². The van der Waals surface area contributed by atoms with E-state index in [0.717, 1.165) is 37.4 Å². The fourth-order valence-electron chi connectivity index (χ4n) is 2.38. The Morgan fingerprint density at radius 2 is 2.14 bits per heavy atom. The summed E-state index contributed by atoms with van der Waals surface area (Å²) in [6.45, 7) is 0. The number of hydrogen-bond donors (Lipinski definition) is 1. The fourth-order valence-corrected chi connectivity index (χ4v) is 3.51. The number of carbonyl (C=O) groups is 1. The molecular weight excluding hydrogens is 314 g/mol. The summed E-state index contributed by atoms with van der Waals surface area (Å²) in [6, 6.07) is 3.16. The molecule has 2 heterocycles. The van der Waals surface area contributed by atoms with Crippen LogP contribution in [0.5, 0.6) is 0 Å². The number of tetrazole rings is 1.